The van der Waals surface area contributed by atoms with Crippen LogP contribution in [0.1, 0.15) is 27.2 Å². The Morgan fingerprint density at radius 3 is 2.43 bits per heavy atom. The number of methoxy groups -OCH3 is 1. The summed E-state index contributed by atoms with van der Waals surface area (Å²) in [6, 6.07) is 0. The number of rotatable bonds is 4. The standard InChI is InChI=1S/C11H19BrO2/c1-7-5-10(9(3)8(7)2)14-11(6-12)13-4/h7,10-11H,5-6H2,1-4H3. The second-order valence-corrected chi connectivity index (χ2v) is 4.59. The van der Waals surface area contributed by atoms with Gasteiger partial charge in [-0.3, -0.25) is 0 Å². The van der Waals surface area contributed by atoms with Gasteiger partial charge in [-0.05, 0) is 31.8 Å². The van der Waals surface area contributed by atoms with Crippen LogP contribution in [0.25, 0.3) is 0 Å². The van der Waals surface area contributed by atoms with Crippen molar-refractivity contribution in [1.82, 2.24) is 0 Å². The summed E-state index contributed by atoms with van der Waals surface area (Å²) < 4.78 is 11.0. The van der Waals surface area contributed by atoms with Crippen LogP contribution in [0.4, 0.5) is 0 Å². The minimum atomic E-state index is -0.131. The zero-order valence-electron chi connectivity index (χ0n) is 9.34. The molecule has 1 aliphatic rings. The first-order valence-electron chi connectivity index (χ1n) is 5.01. The normalized spacial score (nSPS) is 29.8. The minimum absolute atomic E-state index is 0.131. The van der Waals surface area contributed by atoms with Crippen molar-refractivity contribution in [2.24, 2.45) is 5.92 Å². The number of allylic oxidation sites excluding steroid dienone is 1. The van der Waals surface area contributed by atoms with Crippen LogP contribution in [0.3, 0.4) is 0 Å². The molecule has 0 heterocycles. The van der Waals surface area contributed by atoms with Gasteiger partial charge in [-0.1, -0.05) is 28.4 Å². The van der Waals surface area contributed by atoms with Crippen molar-refractivity contribution in [3.63, 3.8) is 0 Å². The van der Waals surface area contributed by atoms with E-state index in [1.165, 1.54) is 11.1 Å². The van der Waals surface area contributed by atoms with Crippen LogP contribution in [0.2, 0.25) is 0 Å². The highest BCUT2D eigenvalue weighted by molar-refractivity contribution is 9.09. The zero-order chi connectivity index (χ0) is 10.7. The molecule has 1 aliphatic carbocycles. The van der Waals surface area contributed by atoms with Crippen molar-refractivity contribution in [3.05, 3.63) is 11.1 Å². The van der Waals surface area contributed by atoms with E-state index < -0.39 is 0 Å². The molecular weight excluding hydrogens is 244 g/mol. The highest BCUT2D eigenvalue weighted by atomic mass is 79.9. The minimum Gasteiger partial charge on any atom is -0.355 e. The maximum absolute atomic E-state index is 5.84. The smallest absolute Gasteiger partial charge is 0.167 e. The van der Waals surface area contributed by atoms with Gasteiger partial charge in [-0.2, -0.15) is 0 Å². The second-order valence-electron chi connectivity index (χ2n) is 3.95. The van der Waals surface area contributed by atoms with E-state index in [2.05, 4.69) is 36.7 Å². The van der Waals surface area contributed by atoms with Crippen LogP contribution in [-0.2, 0) is 9.47 Å². The molecule has 0 aromatic rings. The molecule has 82 valence electrons. The third-order valence-electron chi connectivity index (χ3n) is 3.12. The molecular formula is C11H19BrO2. The Balaban J connectivity index is 2.56. The molecule has 0 aromatic carbocycles. The predicted molar refractivity (Wildman–Crippen MR) is 61.6 cm³/mol. The van der Waals surface area contributed by atoms with Gasteiger partial charge in [0.1, 0.15) is 0 Å². The van der Waals surface area contributed by atoms with Gasteiger partial charge in [-0.25, -0.2) is 0 Å². The van der Waals surface area contributed by atoms with E-state index in [0.717, 1.165) is 11.8 Å². The summed E-state index contributed by atoms with van der Waals surface area (Å²) in [4.78, 5) is 0. The van der Waals surface area contributed by atoms with Gasteiger partial charge in [0.2, 0.25) is 0 Å². The van der Waals surface area contributed by atoms with Crippen molar-refractivity contribution < 1.29 is 9.47 Å². The van der Waals surface area contributed by atoms with Gasteiger partial charge in [-0.15, -0.1) is 0 Å². The van der Waals surface area contributed by atoms with Crippen LogP contribution in [-0.4, -0.2) is 24.8 Å². The molecule has 0 amide bonds. The van der Waals surface area contributed by atoms with E-state index in [0.29, 0.717) is 5.92 Å². The summed E-state index contributed by atoms with van der Waals surface area (Å²) in [6.07, 6.45) is 1.20. The Hall–Kier alpha value is 0.140. The van der Waals surface area contributed by atoms with E-state index in [9.17, 15) is 0 Å². The fourth-order valence-corrected chi connectivity index (χ4v) is 2.23. The topological polar surface area (TPSA) is 18.5 Å². The number of alkyl halides is 1. The van der Waals surface area contributed by atoms with Crippen molar-refractivity contribution in [2.75, 3.05) is 12.4 Å². The largest absolute Gasteiger partial charge is 0.355 e. The lowest BCUT2D eigenvalue weighted by Gasteiger charge is -2.20. The fourth-order valence-electron chi connectivity index (χ4n) is 1.81. The second kappa shape index (κ2) is 5.29. The molecule has 0 aromatic heterocycles. The summed E-state index contributed by atoms with van der Waals surface area (Å²) in [7, 11) is 1.68. The Morgan fingerprint density at radius 1 is 1.43 bits per heavy atom. The summed E-state index contributed by atoms with van der Waals surface area (Å²) in [5.74, 6) is 0.646. The van der Waals surface area contributed by atoms with Crippen molar-refractivity contribution in [1.29, 1.82) is 0 Å². The van der Waals surface area contributed by atoms with Gasteiger partial charge in [0.15, 0.2) is 6.29 Å². The first kappa shape index (κ1) is 12.2. The molecule has 3 unspecified atom stereocenters. The average molecular weight is 263 g/mol. The van der Waals surface area contributed by atoms with Gasteiger partial charge >= 0.3 is 0 Å². The number of ether oxygens (including phenoxy) is 2. The monoisotopic (exact) mass is 262 g/mol. The Kier molecular flexibility index (Phi) is 4.61. The molecule has 0 saturated carbocycles. The third-order valence-corrected chi connectivity index (χ3v) is 3.65. The molecule has 0 aliphatic heterocycles. The quantitative estimate of drug-likeness (QED) is 0.441. The van der Waals surface area contributed by atoms with Gasteiger partial charge in [0, 0.05) is 7.11 Å². The first-order chi connectivity index (χ1) is 6.60. The molecule has 0 spiro atoms. The molecule has 0 radical (unpaired) electrons. The van der Waals surface area contributed by atoms with Crippen LogP contribution in [0, 0.1) is 5.92 Å². The molecule has 3 atom stereocenters. The first-order valence-corrected chi connectivity index (χ1v) is 6.13. The number of halogens is 1. The molecule has 0 saturated heterocycles. The van der Waals surface area contributed by atoms with Crippen molar-refractivity contribution in [3.8, 4) is 0 Å². The molecule has 14 heavy (non-hydrogen) atoms. The summed E-state index contributed by atoms with van der Waals surface area (Å²) in [5, 5.41) is 0.723. The summed E-state index contributed by atoms with van der Waals surface area (Å²) in [6.45, 7) is 6.60. The van der Waals surface area contributed by atoms with Gasteiger partial charge in [0.05, 0.1) is 11.4 Å². The summed E-state index contributed by atoms with van der Waals surface area (Å²) in [5.41, 5.74) is 2.85. The third kappa shape index (κ3) is 2.59. The molecule has 1 rings (SSSR count). The highest BCUT2D eigenvalue weighted by Crippen LogP contribution is 2.33. The van der Waals surface area contributed by atoms with Crippen LogP contribution < -0.4 is 0 Å². The highest BCUT2D eigenvalue weighted by Gasteiger charge is 2.28. The lowest BCUT2D eigenvalue weighted by atomic mass is 10.1. The average Bonchev–Trinajstić information content (AvgIpc) is 2.42. The van der Waals surface area contributed by atoms with E-state index in [4.69, 9.17) is 9.47 Å². The molecule has 0 N–H and O–H groups in total. The van der Waals surface area contributed by atoms with Crippen LogP contribution >= 0.6 is 15.9 Å². The predicted octanol–water partition coefficient (Wildman–Crippen LogP) is 3.12. The molecule has 0 fully saturated rings. The SMILES string of the molecule is COC(CBr)OC1CC(C)C(C)=C1C. The van der Waals surface area contributed by atoms with Gasteiger partial charge in [0.25, 0.3) is 0 Å². The lowest BCUT2D eigenvalue weighted by Crippen LogP contribution is -2.24. The van der Waals surface area contributed by atoms with Crippen LogP contribution in [0.15, 0.2) is 11.1 Å². The van der Waals surface area contributed by atoms with Crippen LogP contribution in [0.5, 0.6) is 0 Å². The summed E-state index contributed by atoms with van der Waals surface area (Å²) >= 11 is 3.37. The Labute approximate surface area is 94.8 Å². The fraction of sp³-hybridized carbons (Fsp3) is 0.818. The lowest BCUT2D eigenvalue weighted by molar-refractivity contribution is -0.130. The molecule has 0 bridgehead atoms. The van der Waals surface area contributed by atoms with E-state index in [-0.39, 0.29) is 12.4 Å². The Morgan fingerprint density at radius 2 is 2.07 bits per heavy atom. The van der Waals surface area contributed by atoms with Crippen molar-refractivity contribution in [2.45, 2.75) is 39.6 Å². The number of hydrogen-bond acceptors (Lipinski definition) is 2. The van der Waals surface area contributed by atoms with Gasteiger partial charge < -0.3 is 9.47 Å². The van der Waals surface area contributed by atoms with E-state index >= 15 is 0 Å². The molecule has 2 nitrogen and oxygen atoms in total. The maximum atomic E-state index is 5.84. The molecule has 3 heteroatoms. The Bertz CT molecular complexity index is 221. The van der Waals surface area contributed by atoms with Crippen molar-refractivity contribution >= 4 is 15.9 Å². The van der Waals surface area contributed by atoms with E-state index in [1.807, 2.05) is 0 Å². The number of hydrogen-bond donors (Lipinski definition) is 0. The van der Waals surface area contributed by atoms with E-state index in [1.54, 1.807) is 7.11 Å². The zero-order valence-corrected chi connectivity index (χ0v) is 10.9. The maximum Gasteiger partial charge on any atom is 0.167 e.